The van der Waals surface area contributed by atoms with Crippen LogP contribution in [0.1, 0.15) is 29.3 Å². The molecule has 0 aliphatic rings. The zero-order valence-electron chi connectivity index (χ0n) is 10.5. The van der Waals surface area contributed by atoms with Crippen molar-refractivity contribution < 1.29 is 9.53 Å². The molecule has 0 bridgehead atoms. The third-order valence-corrected chi connectivity index (χ3v) is 2.88. The van der Waals surface area contributed by atoms with Crippen molar-refractivity contribution >= 4 is 18.5 Å². The SMILES string of the molecule is COCCC(C)NC(=O)c1cc(S)ccc1C. The molecule has 0 saturated heterocycles. The van der Waals surface area contributed by atoms with Gasteiger partial charge in [0.2, 0.25) is 0 Å². The quantitative estimate of drug-likeness (QED) is 0.791. The largest absolute Gasteiger partial charge is 0.385 e. The molecule has 1 aromatic rings. The molecule has 0 radical (unpaired) electrons. The van der Waals surface area contributed by atoms with Crippen molar-refractivity contribution in [3.8, 4) is 0 Å². The molecule has 94 valence electrons. The first-order valence-electron chi connectivity index (χ1n) is 5.64. The van der Waals surface area contributed by atoms with E-state index in [1.807, 2.05) is 26.0 Å². The zero-order valence-corrected chi connectivity index (χ0v) is 11.4. The predicted molar refractivity (Wildman–Crippen MR) is 71.9 cm³/mol. The molecule has 1 atom stereocenters. The van der Waals surface area contributed by atoms with Gasteiger partial charge in [0.1, 0.15) is 0 Å². The van der Waals surface area contributed by atoms with Gasteiger partial charge in [-0.15, -0.1) is 12.6 Å². The minimum atomic E-state index is -0.0537. The molecule has 17 heavy (non-hydrogen) atoms. The molecule has 1 N–H and O–H groups in total. The Labute approximate surface area is 108 Å². The van der Waals surface area contributed by atoms with Gasteiger partial charge >= 0.3 is 0 Å². The van der Waals surface area contributed by atoms with Crippen LogP contribution in [0, 0.1) is 6.92 Å². The summed E-state index contributed by atoms with van der Waals surface area (Å²) in [5.41, 5.74) is 1.64. The lowest BCUT2D eigenvalue weighted by Crippen LogP contribution is -2.33. The summed E-state index contributed by atoms with van der Waals surface area (Å²) in [7, 11) is 1.66. The number of rotatable bonds is 5. The maximum absolute atomic E-state index is 12.0. The molecule has 0 spiro atoms. The van der Waals surface area contributed by atoms with E-state index in [0.29, 0.717) is 12.2 Å². The highest BCUT2D eigenvalue weighted by Crippen LogP contribution is 2.14. The molecule has 0 aliphatic carbocycles. The number of hydrogen-bond acceptors (Lipinski definition) is 3. The fourth-order valence-corrected chi connectivity index (χ4v) is 1.73. The summed E-state index contributed by atoms with van der Waals surface area (Å²) >= 11 is 4.24. The summed E-state index contributed by atoms with van der Waals surface area (Å²) in [6.07, 6.45) is 0.807. The van der Waals surface area contributed by atoms with Crippen LogP contribution in [-0.4, -0.2) is 25.7 Å². The molecular weight excluding hydrogens is 234 g/mol. The fourth-order valence-electron chi connectivity index (χ4n) is 1.52. The van der Waals surface area contributed by atoms with Gasteiger partial charge in [0.05, 0.1) is 0 Å². The van der Waals surface area contributed by atoms with Gasteiger partial charge in [-0.25, -0.2) is 0 Å². The molecule has 0 heterocycles. The van der Waals surface area contributed by atoms with Gasteiger partial charge in [0.15, 0.2) is 0 Å². The number of methoxy groups -OCH3 is 1. The van der Waals surface area contributed by atoms with Gasteiger partial charge in [-0.1, -0.05) is 6.07 Å². The number of carbonyl (C=O) groups excluding carboxylic acids is 1. The molecule has 1 rings (SSSR count). The van der Waals surface area contributed by atoms with Crippen molar-refractivity contribution in [1.29, 1.82) is 0 Å². The summed E-state index contributed by atoms with van der Waals surface area (Å²) in [4.78, 5) is 12.8. The maximum atomic E-state index is 12.0. The van der Waals surface area contributed by atoms with Crippen LogP contribution in [-0.2, 0) is 4.74 Å². The Kier molecular flexibility index (Phi) is 5.51. The molecule has 0 saturated carbocycles. The second kappa shape index (κ2) is 6.67. The van der Waals surface area contributed by atoms with Crippen molar-refractivity contribution in [1.82, 2.24) is 5.32 Å². The average Bonchev–Trinajstić information content (AvgIpc) is 2.29. The Hall–Kier alpha value is -1.00. The maximum Gasteiger partial charge on any atom is 0.251 e. The summed E-state index contributed by atoms with van der Waals surface area (Å²) in [5.74, 6) is -0.0537. The van der Waals surface area contributed by atoms with Gasteiger partial charge in [-0.2, -0.15) is 0 Å². The Morgan fingerprint density at radius 1 is 1.53 bits per heavy atom. The number of thiol groups is 1. The smallest absolute Gasteiger partial charge is 0.251 e. The van der Waals surface area contributed by atoms with Crippen LogP contribution in [0.4, 0.5) is 0 Å². The lowest BCUT2D eigenvalue weighted by Gasteiger charge is -2.14. The van der Waals surface area contributed by atoms with Crippen LogP contribution in [0.5, 0.6) is 0 Å². The average molecular weight is 253 g/mol. The second-order valence-corrected chi connectivity index (χ2v) is 4.67. The van der Waals surface area contributed by atoms with Crippen molar-refractivity contribution in [3.63, 3.8) is 0 Å². The van der Waals surface area contributed by atoms with E-state index < -0.39 is 0 Å². The predicted octanol–water partition coefficient (Wildman–Crippen LogP) is 2.44. The van der Waals surface area contributed by atoms with Gasteiger partial charge in [0, 0.05) is 30.2 Å². The first-order chi connectivity index (χ1) is 8.04. The summed E-state index contributed by atoms with van der Waals surface area (Å²) in [5, 5.41) is 2.95. The van der Waals surface area contributed by atoms with Crippen molar-refractivity contribution in [2.24, 2.45) is 0 Å². The highest BCUT2D eigenvalue weighted by atomic mass is 32.1. The number of benzene rings is 1. The molecular formula is C13H19NO2S. The van der Waals surface area contributed by atoms with Gasteiger partial charge in [-0.05, 0) is 38.0 Å². The lowest BCUT2D eigenvalue weighted by molar-refractivity contribution is 0.0929. The van der Waals surface area contributed by atoms with E-state index in [1.54, 1.807) is 13.2 Å². The van der Waals surface area contributed by atoms with E-state index in [0.717, 1.165) is 16.9 Å². The molecule has 4 heteroatoms. The number of aryl methyl sites for hydroxylation is 1. The van der Waals surface area contributed by atoms with E-state index in [1.165, 1.54) is 0 Å². The number of hydrogen-bond donors (Lipinski definition) is 2. The monoisotopic (exact) mass is 253 g/mol. The van der Waals surface area contributed by atoms with Crippen LogP contribution in [0.25, 0.3) is 0 Å². The fraction of sp³-hybridized carbons (Fsp3) is 0.462. The second-order valence-electron chi connectivity index (χ2n) is 4.16. The molecule has 0 aromatic heterocycles. The number of amides is 1. The van der Waals surface area contributed by atoms with Crippen LogP contribution in [0.3, 0.4) is 0 Å². The minimum Gasteiger partial charge on any atom is -0.385 e. The van der Waals surface area contributed by atoms with Crippen molar-refractivity contribution in [2.75, 3.05) is 13.7 Å². The summed E-state index contributed by atoms with van der Waals surface area (Å²) in [6, 6.07) is 5.67. The number of carbonyl (C=O) groups is 1. The molecule has 0 aliphatic heterocycles. The van der Waals surface area contributed by atoms with Crippen LogP contribution >= 0.6 is 12.6 Å². The van der Waals surface area contributed by atoms with E-state index in [4.69, 9.17) is 4.74 Å². The summed E-state index contributed by atoms with van der Waals surface area (Å²) in [6.45, 7) is 4.53. The standard InChI is InChI=1S/C13H19NO2S/c1-9-4-5-11(17)8-12(9)13(15)14-10(2)6-7-16-3/h4-5,8,10,17H,6-7H2,1-3H3,(H,14,15). The first kappa shape index (κ1) is 14.1. The van der Waals surface area contributed by atoms with Crippen LogP contribution in [0.2, 0.25) is 0 Å². The first-order valence-corrected chi connectivity index (χ1v) is 6.08. The highest BCUT2D eigenvalue weighted by Gasteiger charge is 2.12. The van der Waals surface area contributed by atoms with Gasteiger partial charge in [-0.3, -0.25) is 4.79 Å². The van der Waals surface area contributed by atoms with E-state index in [9.17, 15) is 4.79 Å². The van der Waals surface area contributed by atoms with E-state index >= 15 is 0 Å². The zero-order chi connectivity index (χ0) is 12.8. The molecule has 1 aromatic carbocycles. The van der Waals surface area contributed by atoms with E-state index in [2.05, 4.69) is 17.9 Å². The Balaban J connectivity index is 2.66. The van der Waals surface area contributed by atoms with Crippen molar-refractivity contribution in [2.45, 2.75) is 31.2 Å². The van der Waals surface area contributed by atoms with Crippen LogP contribution in [0.15, 0.2) is 23.1 Å². The van der Waals surface area contributed by atoms with Crippen molar-refractivity contribution in [3.05, 3.63) is 29.3 Å². The molecule has 3 nitrogen and oxygen atoms in total. The Morgan fingerprint density at radius 3 is 2.88 bits per heavy atom. The Bertz CT molecular complexity index is 393. The molecule has 0 fully saturated rings. The third-order valence-electron chi connectivity index (χ3n) is 2.60. The normalized spacial score (nSPS) is 12.2. The third kappa shape index (κ3) is 4.40. The number of ether oxygens (including phenoxy) is 1. The van der Waals surface area contributed by atoms with Crippen LogP contribution < -0.4 is 5.32 Å². The van der Waals surface area contributed by atoms with Gasteiger partial charge < -0.3 is 10.1 Å². The molecule has 1 unspecified atom stereocenters. The highest BCUT2D eigenvalue weighted by molar-refractivity contribution is 7.80. The molecule has 1 amide bonds. The minimum absolute atomic E-state index is 0.0537. The van der Waals surface area contributed by atoms with Gasteiger partial charge in [0.25, 0.3) is 5.91 Å². The summed E-state index contributed by atoms with van der Waals surface area (Å²) < 4.78 is 4.98. The topological polar surface area (TPSA) is 38.3 Å². The number of nitrogens with one attached hydrogen (secondary N) is 1. The Morgan fingerprint density at radius 2 is 2.24 bits per heavy atom. The lowest BCUT2D eigenvalue weighted by atomic mass is 10.1. The van der Waals surface area contributed by atoms with E-state index in [-0.39, 0.29) is 11.9 Å².